The first-order valence-electron chi connectivity index (χ1n) is 7.29. The normalized spacial score (nSPS) is 31.9. The van der Waals surface area contributed by atoms with E-state index in [4.69, 9.17) is 0 Å². The molecule has 0 aliphatic carbocycles. The number of β-amino-alcohol motifs (C(OH)–C–C–N with tert-alkyl or cyclic N) is 1. The van der Waals surface area contributed by atoms with E-state index in [1.165, 1.54) is 33.3 Å². The second kappa shape index (κ2) is 6.20. The molecule has 0 aromatic carbocycles. The third kappa shape index (κ3) is 3.68. The molecule has 0 aromatic heterocycles. The number of hydrogen-bond donors (Lipinski definition) is 2. The van der Waals surface area contributed by atoms with Gasteiger partial charge in [0, 0.05) is 19.1 Å². The number of nitrogens with zero attached hydrogens (tertiary/aromatic N) is 1. The molecule has 0 spiro atoms. The van der Waals surface area contributed by atoms with Crippen molar-refractivity contribution in [2.45, 2.75) is 44.2 Å². The zero-order valence-corrected chi connectivity index (χ0v) is 12.0. The summed E-state index contributed by atoms with van der Waals surface area (Å²) >= 11 is 0. The molecule has 0 bridgehead atoms. The highest BCUT2D eigenvalue weighted by Crippen LogP contribution is 2.25. The van der Waals surface area contributed by atoms with Crippen LogP contribution < -0.4 is 5.32 Å². The summed E-state index contributed by atoms with van der Waals surface area (Å²) in [4.78, 5) is 13.7. The Bertz CT molecular complexity index is 314. The lowest BCUT2D eigenvalue weighted by molar-refractivity contribution is -0.162. The molecule has 2 fully saturated rings. The molecule has 3 atom stereocenters. The van der Waals surface area contributed by atoms with Crippen LogP contribution >= 0.6 is 0 Å². The standard InChI is InChI=1S/C14H26N2O3/c1-14(18,13(17)19-2)10-16-8-4-5-11(9-16)12-6-3-7-15-12/h11-12,15,18H,3-10H2,1-2H3. The third-order valence-electron chi connectivity index (χ3n) is 4.37. The summed E-state index contributed by atoms with van der Waals surface area (Å²) < 4.78 is 4.66. The van der Waals surface area contributed by atoms with Crippen LogP contribution in [-0.2, 0) is 9.53 Å². The summed E-state index contributed by atoms with van der Waals surface area (Å²) in [5.41, 5.74) is -1.40. The molecule has 2 aliphatic rings. The number of rotatable bonds is 4. The minimum Gasteiger partial charge on any atom is -0.467 e. The number of methoxy groups -OCH3 is 1. The van der Waals surface area contributed by atoms with Gasteiger partial charge in [-0.25, -0.2) is 4.79 Å². The van der Waals surface area contributed by atoms with Gasteiger partial charge in [-0.15, -0.1) is 0 Å². The van der Waals surface area contributed by atoms with E-state index in [2.05, 4.69) is 15.0 Å². The summed E-state index contributed by atoms with van der Waals surface area (Å²) in [6.07, 6.45) is 4.90. The maximum Gasteiger partial charge on any atom is 0.338 e. The van der Waals surface area contributed by atoms with Crippen LogP contribution in [0.2, 0.25) is 0 Å². The molecule has 110 valence electrons. The Labute approximate surface area is 115 Å². The van der Waals surface area contributed by atoms with Crippen LogP contribution in [0.3, 0.4) is 0 Å². The number of aliphatic hydroxyl groups is 1. The third-order valence-corrected chi connectivity index (χ3v) is 4.37. The first-order chi connectivity index (χ1) is 9.03. The first kappa shape index (κ1) is 14.8. The van der Waals surface area contributed by atoms with Gasteiger partial charge in [0.25, 0.3) is 0 Å². The van der Waals surface area contributed by atoms with E-state index in [9.17, 15) is 9.90 Å². The fraction of sp³-hybridized carbons (Fsp3) is 0.929. The van der Waals surface area contributed by atoms with Gasteiger partial charge < -0.3 is 15.2 Å². The van der Waals surface area contributed by atoms with Crippen molar-refractivity contribution >= 4 is 5.97 Å². The summed E-state index contributed by atoms with van der Waals surface area (Å²) in [6.45, 7) is 4.95. The Morgan fingerprint density at radius 1 is 1.47 bits per heavy atom. The highest BCUT2D eigenvalue weighted by molar-refractivity contribution is 5.78. The maximum atomic E-state index is 11.5. The van der Waals surface area contributed by atoms with Gasteiger partial charge in [-0.05, 0) is 51.6 Å². The largest absolute Gasteiger partial charge is 0.467 e. The lowest BCUT2D eigenvalue weighted by atomic mass is 9.89. The quantitative estimate of drug-likeness (QED) is 0.723. The Hall–Kier alpha value is -0.650. The molecule has 2 saturated heterocycles. The molecule has 19 heavy (non-hydrogen) atoms. The van der Waals surface area contributed by atoms with Gasteiger partial charge in [0.2, 0.25) is 0 Å². The molecule has 2 heterocycles. The highest BCUT2D eigenvalue weighted by atomic mass is 16.5. The number of likely N-dealkylation sites (tertiary alicyclic amines) is 1. The second-order valence-corrected chi connectivity index (χ2v) is 6.11. The average molecular weight is 270 g/mol. The minimum atomic E-state index is -1.40. The van der Waals surface area contributed by atoms with Gasteiger partial charge in [-0.2, -0.15) is 0 Å². The molecule has 2 rings (SSSR count). The molecule has 0 aromatic rings. The first-order valence-corrected chi connectivity index (χ1v) is 7.29. The lowest BCUT2D eigenvalue weighted by Gasteiger charge is -2.38. The number of nitrogens with one attached hydrogen (secondary N) is 1. The Kier molecular flexibility index (Phi) is 4.81. The summed E-state index contributed by atoms with van der Waals surface area (Å²) in [5, 5.41) is 13.7. The molecule has 5 heteroatoms. The molecule has 3 unspecified atom stereocenters. The van der Waals surface area contributed by atoms with Gasteiger partial charge in [-0.1, -0.05) is 0 Å². The Balaban J connectivity index is 1.88. The van der Waals surface area contributed by atoms with Gasteiger partial charge in [0.1, 0.15) is 0 Å². The number of piperidine rings is 1. The maximum absolute atomic E-state index is 11.5. The summed E-state index contributed by atoms with van der Waals surface area (Å²) in [6, 6.07) is 0.617. The van der Waals surface area contributed by atoms with E-state index in [0.717, 1.165) is 26.1 Å². The van der Waals surface area contributed by atoms with E-state index < -0.39 is 11.6 Å². The van der Waals surface area contributed by atoms with Crippen LogP contribution in [0.4, 0.5) is 0 Å². The van der Waals surface area contributed by atoms with Crippen molar-refractivity contribution < 1.29 is 14.6 Å². The molecule has 0 saturated carbocycles. The summed E-state index contributed by atoms with van der Waals surface area (Å²) in [7, 11) is 1.32. The van der Waals surface area contributed by atoms with E-state index in [1.54, 1.807) is 0 Å². The molecule has 0 amide bonds. The van der Waals surface area contributed by atoms with Crippen molar-refractivity contribution in [3.63, 3.8) is 0 Å². The smallest absolute Gasteiger partial charge is 0.338 e. The highest BCUT2D eigenvalue weighted by Gasteiger charge is 2.36. The van der Waals surface area contributed by atoms with Crippen LogP contribution in [0, 0.1) is 5.92 Å². The van der Waals surface area contributed by atoms with E-state index >= 15 is 0 Å². The number of carbonyl (C=O) groups is 1. The van der Waals surface area contributed by atoms with Crippen molar-refractivity contribution in [1.29, 1.82) is 0 Å². The minimum absolute atomic E-state index is 0.364. The zero-order chi connectivity index (χ0) is 13.9. The van der Waals surface area contributed by atoms with Crippen molar-refractivity contribution in [3.05, 3.63) is 0 Å². The van der Waals surface area contributed by atoms with E-state index in [-0.39, 0.29) is 0 Å². The second-order valence-electron chi connectivity index (χ2n) is 6.11. The van der Waals surface area contributed by atoms with Crippen molar-refractivity contribution in [2.24, 2.45) is 5.92 Å². The molecule has 2 N–H and O–H groups in total. The SMILES string of the molecule is COC(=O)C(C)(O)CN1CCCC(C2CCCN2)C1. The number of hydrogen-bond acceptors (Lipinski definition) is 5. The Morgan fingerprint density at radius 3 is 2.89 bits per heavy atom. The number of esters is 1. The van der Waals surface area contributed by atoms with Crippen molar-refractivity contribution in [3.8, 4) is 0 Å². The monoisotopic (exact) mass is 270 g/mol. The number of ether oxygens (including phenoxy) is 1. The summed E-state index contributed by atoms with van der Waals surface area (Å²) in [5.74, 6) is 0.0957. The van der Waals surface area contributed by atoms with Crippen molar-refractivity contribution in [1.82, 2.24) is 10.2 Å². The van der Waals surface area contributed by atoms with Crippen LogP contribution in [0.1, 0.15) is 32.6 Å². The average Bonchev–Trinajstić information content (AvgIpc) is 2.91. The van der Waals surface area contributed by atoms with E-state index in [0.29, 0.717) is 18.5 Å². The molecule has 0 radical (unpaired) electrons. The Morgan fingerprint density at radius 2 is 2.26 bits per heavy atom. The molecular weight excluding hydrogens is 244 g/mol. The molecular formula is C14H26N2O3. The van der Waals surface area contributed by atoms with Gasteiger partial charge in [0.15, 0.2) is 5.60 Å². The van der Waals surface area contributed by atoms with Crippen molar-refractivity contribution in [2.75, 3.05) is 33.3 Å². The predicted octanol–water partition coefficient (Wildman–Crippen LogP) is 0.374. The van der Waals surface area contributed by atoms with E-state index in [1.807, 2.05) is 0 Å². The lowest BCUT2D eigenvalue weighted by Crippen LogP contribution is -2.52. The topological polar surface area (TPSA) is 61.8 Å². The fourth-order valence-electron chi connectivity index (χ4n) is 3.40. The van der Waals surface area contributed by atoms with Crippen LogP contribution in [-0.4, -0.2) is 60.9 Å². The molecule has 2 aliphatic heterocycles. The van der Waals surface area contributed by atoms with Crippen LogP contribution in [0.15, 0.2) is 0 Å². The van der Waals surface area contributed by atoms with Crippen LogP contribution in [0.25, 0.3) is 0 Å². The van der Waals surface area contributed by atoms with Crippen LogP contribution in [0.5, 0.6) is 0 Å². The fourth-order valence-corrected chi connectivity index (χ4v) is 3.40. The van der Waals surface area contributed by atoms with Gasteiger partial charge >= 0.3 is 5.97 Å². The van der Waals surface area contributed by atoms with Gasteiger partial charge in [0.05, 0.1) is 7.11 Å². The molecule has 5 nitrogen and oxygen atoms in total. The zero-order valence-electron chi connectivity index (χ0n) is 12.0. The van der Waals surface area contributed by atoms with Gasteiger partial charge in [-0.3, -0.25) is 4.90 Å². The predicted molar refractivity (Wildman–Crippen MR) is 72.8 cm³/mol. The number of carbonyl (C=O) groups excluding carboxylic acids is 1.